The number of nitrogens with one attached hydrogen (secondary N) is 1. The molecule has 41 heavy (non-hydrogen) atoms. The van der Waals surface area contributed by atoms with E-state index in [4.69, 9.17) is 25.0 Å². The number of nitrogens with zero attached hydrogens (tertiary/aromatic N) is 7. The summed E-state index contributed by atoms with van der Waals surface area (Å²) in [5, 5.41) is 4.59. The van der Waals surface area contributed by atoms with E-state index in [9.17, 15) is 0 Å². The van der Waals surface area contributed by atoms with Crippen LogP contribution >= 0.6 is 0 Å². The van der Waals surface area contributed by atoms with E-state index in [0.717, 1.165) is 45.6 Å². The van der Waals surface area contributed by atoms with Gasteiger partial charge < -0.3 is 0 Å². The monoisotopic (exact) mass is 601 g/mol. The van der Waals surface area contributed by atoms with Crippen LogP contribution in [0.2, 0.25) is 0 Å². The van der Waals surface area contributed by atoms with Gasteiger partial charge in [-0.2, -0.15) is 4.99 Å². The molecule has 0 atom stereocenters. The minimum Gasteiger partial charge on any atom is -0.289 e. The molecule has 0 aliphatic carbocycles. The number of hydrazone groups is 1. The maximum absolute atomic E-state index is 5.24. The van der Waals surface area contributed by atoms with Gasteiger partial charge in [0, 0.05) is 39.7 Å². The van der Waals surface area contributed by atoms with Gasteiger partial charge in [-0.1, -0.05) is 62.3 Å². The molecule has 0 spiro atoms. The Kier molecular flexibility index (Phi) is 7.50. The van der Waals surface area contributed by atoms with Crippen molar-refractivity contribution in [1.82, 2.24) is 10.3 Å². The van der Waals surface area contributed by atoms with Crippen molar-refractivity contribution < 1.29 is 17.1 Å². The number of allylic oxidation sites excluding steroid dienone is 7. The molecule has 0 aromatic heterocycles. The summed E-state index contributed by atoms with van der Waals surface area (Å²) in [6.07, 6.45) is 10.3. The van der Waals surface area contributed by atoms with E-state index in [-0.39, 0.29) is 38.9 Å². The van der Waals surface area contributed by atoms with Crippen molar-refractivity contribution in [1.29, 1.82) is 0 Å². The van der Waals surface area contributed by atoms with Gasteiger partial charge in [-0.3, -0.25) is 10.3 Å². The summed E-state index contributed by atoms with van der Waals surface area (Å²) < 4.78 is 0. The van der Waals surface area contributed by atoms with Crippen LogP contribution in [0.5, 0.6) is 0 Å². The minimum atomic E-state index is -0.301. The van der Waals surface area contributed by atoms with E-state index >= 15 is 0 Å². The second-order valence-corrected chi connectivity index (χ2v) is 14.9. The molecule has 0 fully saturated rings. The largest absolute Gasteiger partial charge is 0.289 e. The summed E-state index contributed by atoms with van der Waals surface area (Å²) in [6.45, 7) is 26.3. The molecule has 1 radical (unpaired) electrons. The van der Waals surface area contributed by atoms with E-state index < -0.39 is 0 Å². The molecule has 5 heterocycles. The molecule has 0 aromatic carbocycles. The Balaban J connectivity index is 0.00000387. The average molecular weight is 602 g/mol. The van der Waals surface area contributed by atoms with Crippen LogP contribution in [-0.2, 0) is 17.1 Å². The van der Waals surface area contributed by atoms with Crippen LogP contribution in [0.25, 0.3) is 0 Å². The van der Waals surface area contributed by atoms with Gasteiger partial charge in [0.25, 0.3) is 11.9 Å². The van der Waals surface area contributed by atoms with E-state index in [1.807, 2.05) is 18.2 Å². The topological polar surface area (TPSA) is 89.4 Å². The number of hydrogen-bond donors (Lipinski definition) is 1. The van der Waals surface area contributed by atoms with Crippen molar-refractivity contribution in [3.63, 3.8) is 0 Å². The second-order valence-electron chi connectivity index (χ2n) is 14.9. The first-order valence-corrected chi connectivity index (χ1v) is 14.0. The van der Waals surface area contributed by atoms with Gasteiger partial charge in [0.2, 0.25) is 0 Å². The smallest absolute Gasteiger partial charge is 0.253 e. The molecule has 0 amide bonds. The SMILES string of the molecule is CC(C)(C)C1=CC2=NC1=C(C(C)(C)C)C1=NC(=NC3=NNC(=CC4=NC(=C2)C=C4)N3C(C)(C)C)N=C1C(C)(C)C.[Cu]. The van der Waals surface area contributed by atoms with Crippen LogP contribution in [0, 0.1) is 16.2 Å². The molecule has 1 N–H and O–H groups in total. The van der Waals surface area contributed by atoms with Gasteiger partial charge in [-0.25, -0.2) is 20.0 Å². The zero-order chi connectivity index (χ0) is 29.4. The number of hydrogen-bond acceptors (Lipinski definition) is 8. The van der Waals surface area contributed by atoms with E-state index in [1.165, 1.54) is 5.57 Å². The molecule has 5 aliphatic rings. The number of fused-ring (bicyclic) bond motifs is 5. The maximum atomic E-state index is 5.24. The second kappa shape index (κ2) is 9.99. The van der Waals surface area contributed by atoms with Crippen molar-refractivity contribution in [3.8, 4) is 0 Å². The summed E-state index contributed by atoms with van der Waals surface area (Å²) in [5.74, 6) is 1.72. The van der Waals surface area contributed by atoms with Crippen LogP contribution < -0.4 is 5.43 Å². The van der Waals surface area contributed by atoms with Crippen LogP contribution in [0.1, 0.15) is 83.1 Å². The molecule has 9 heteroatoms. The summed E-state index contributed by atoms with van der Waals surface area (Å²) in [4.78, 5) is 27.3. The van der Waals surface area contributed by atoms with Crippen LogP contribution in [0.3, 0.4) is 0 Å². The zero-order valence-electron chi connectivity index (χ0n) is 26.3. The molecule has 0 saturated heterocycles. The summed E-state index contributed by atoms with van der Waals surface area (Å²) in [5.41, 5.74) is 9.73. The fourth-order valence-corrected chi connectivity index (χ4v) is 5.26. The molecular formula is C32H42CuN8. The Labute approximate surface area is 255 Å². The van der Waals surface area contributed by atoms with Gasteiger partial charge in [0.1, 0.15) is 5.82 Å². The maximum Gasteiger partial charge on any atom is 0.253 e. The fraction of sp³-hybridized carbons (Fsp3) is 0.500. The van der Waals surface area contributed by atoms with E-state index in [0.29, 0.717) is 11.9 Å². The third-order valence-electron chi connectivity index (χ3n) is 7.02. The molecular weight excluding hydrogens is 560 g/mol. The molecule has 8 bridgehead atoms. The number of aliphatic imine (C=N–C) groups is 5. The summed E-state index contributed by atoms with van der Waals surface area (Å²) in [6, 6.07) is 0. The molecule has 0 aromatic rings. The number of guanidine groups is 2. The van der Waals surface area contributed by atoms with Gasteiger partial charge in [0.15, 0.2) is 0 Å². The zero-order valence-corrected chi connectivity index (χ0v) is 27.3. The number of rotatable bonds is 0. The Hall–Kier alpha value is -3.16. The third-order valence-corrected chi connectivity index (χ3v) is 7.02. The van der Waals surface area contributed by atoms with Crippen molar-refractivity contribution in [2.24, 2.45) is 46.3 Å². The van der Waals surface area contributed by atoms with Gasteiger partial charge in [-0.15, -0.1) is 5.10 Å². The fourth-order valence-electron chi connectivity index (χ4n) is 5.26. The molecule has 5 rings (SSSR count). The van der Waals surface area contributed by atoms with Gasteiger partial charge in [-0.05, 0) is 61.5 Å². The van der Waals surface area contributed by atoms with Crippen molar-refractivity contribution in [2.75, 3.05) is 0 Å². The van der Waals surface area contributed by atoms with E-state index in [1.54, 1.807) is 0 Å². The van der Waals surface area contributed by atoms with Gasteiger partial charge >= 0.3 is 0 Å². The Morgan fingerprint density at radius 2 is 1.34 bits per heavy atom. The van der Waals surface area contributed by atoms with Crippen LogP contribution in [-0.4, -0.2) is 45.2 Å². The molecule has 221 valence electrons. The average Bonchev–Trinajstić information content (AvgIpc) is 3.53. The van der Waals surface area contributed by atoms with Crippen molar-refractivity contribution in [3.05, 3.63) is 58.7 Å². The third kappa shape index (κ3) is 5.93. The van der Waals surface area contributed by atoms with E-state index in [2.05, 4.69) is 111 Å². The normalized spacial score (nSPS) is 20.8. The first-order chi connectivity index (χ1) is 18.3. The molecule has 8 nitrogen and oxygen atoms in total. The Morgan fingerprint density at radius 3 is 1.93 bits per heavy atom. The van der Waals surface area contributed by atoms with Crippen molar-refractivity contribution >= 4 is 34.8 Å². The minimum absolute atomic E-state index is 0. The van der Waals surface area contributed by atoms with Crippen molar-refractivity contribution in [2.45, 2.75) is 88.6 Å². The first-order valence-electron chi connectivity index (χ1n) is 14.0. The van der Waals surface area contributed by atoms with Gasteiger partial charge in [0.05, 0.1) is 34.2 Å². The predicted molar refractivity (Wildman–Crippen MR) is 168 cm³/mol. The summed E-state index contributed by atoms with van der Waals surface area (Å²) in [7, 11) is 0. The summed E-state index contributed by atoms with van der Waals surface area (Å²) >= 11 is 0. The first kappa shape index (κ1) is 30.8. The Morgan fingerprint density at radius 1 is 0.659 bits per heavy atom. The quantitative estimate of drug-likeness (QED) is 0.312. The standard InChI is InChI=1S/C32H42N8.Cu/c1-29(2,3)21-16-20-15-18-13-14-19(33-18)17-22-38-39-28(40(22)32(10,11)12)37-27-35-25(26(36-27)31(7,8)9)23(24(21)34-20)30(4,5)6;/h13-17,38H,1-12H3;. The Bertz CT molecular complexity index is 1520. The molecule has 0 saturated carbocycles. The molecule has 0 unspecified atom stereocenters. The van der Waals surface area contributed by atoms with Crippen LogP contribution in [0.4, 0.5) is 0 Å². The predicted octanol–water partition coefficient (Wildman–Crippen LogP) is 6.73. The van der Waals surface area contributed by atoms with Crippen LogP contribution in [0.15, 0.2) is 88.8 Å². The molecule has 5 aliphatic heterocycles.